The Bertz CT molecular complexity index is 566. The van der Waals surface area contributed by atoms with Crippen molar-refractivity contribution in [2.75, 3.05) is 20.3 Å². The lowest BCUT2D eigenvalue weighted by Gasteiger charge is -2.13. The third-order valence-corrected chi connectivity index (χ3v) is 3.31. The van der Waals surface area contributed by atoms with E-state index in [1.54, 1.807) is 13.4 Å². The van der Waals surface area contributed by atoms with Crippen LogP contribution >= 0.6 is 0 Å². The Morgan fingerprint density at radius 2 is 2.19 bits per heavy atom. The quantitative estimate of drug-likeness (QED) is 0.756. The number of rotatable bonds is 8. The van der Waals surface area contributed by atoms with E-state index < -0.39 is 0 Å². The molecule has 0 amide bonds. The Balaban J connectivity index is 1.99. The number of nitrogens with one attached hydrogen (secondary N) is 1. The Morgan fingerprint density at radius 1 is 1.33 bits per heavy atom. The standard InChI is InChI=1S/C16H23N3O2/c1-13-4-5-16(14(8-13)9-17-6-7-20-3)21-11-15-10-18-12-19(15)2/h4-5,8,10,12,17H,6-7,9,11H2,1-3H3. The number of ether oxygens (including phenoxy) is 2. The van der Waals surface area contributed by atoms with Gasteiger partial charge in [-0.2, -0.15) is 0 Å². The van der Waals surface area contributed by atoms with Crippen LogP contribution in [-0.4, -0.2) is 29.8 Å². The maximum absolute atomic E-state index is 5.94. The van der Waals surface area contributed by atoms with Crippen molar-refractivity contribution in [3.63, 3.8) is 0 Å². The minimum atomic E-state index is 0.518. The van der Waals surface area contributed by atoms with E-state index in [0.29, 0.717) is 13.2 Å². The Kier molecular flexibility index (Phi) is 5.78. The van der Waals surface area contributed by atoms with Gasteiger partial charge in [-0.1, -0.05) is 17.7 Å². The summed E-state index contributed by atoms with van der Waals surface area (Å²) in [6.45, 7) is 4.91. The molecule has 5 nitrogen and oxygen atoms in total. The molecule has 0 aliphatic carbocycles. The molecular formula is C16H23N3O2. The first-order valence-corrected chi connectivity index (χ1v) is 7.08. The van der Waals surface area contributed by atoms with Crippen molar-refractivity contribution in [2.45, 2.75) is 20.1 Å². The maximum atomic E-state index is 5.94. The van der Waals surface area contributed by atoms with Crippen LogP contribution in [0.5, 0.6) is 5.75 Å². The summed E-state index contributed by atoms with van der Waals surface area (Å²) in [5, 5.41) is 3.35. The van der Waals surface area contributed by atoms with Crippen LogP contribution < -0.4 is 10.1 Å². The summed E-state index contributed by atoms with van der Waals surface area (Å²) in [5.41, 5.74) is 3.44. The van der Waals surface area contributed by atoms with Crippen LogP contribution in [0, 0.1) is 6.92 Å². The molecule has 21 heavy (non-hydrogen) atoms. The normalized spacial score (nSPS) is 10.8. The first-order chi connectivity index (χ1) is 10.2. The lowest BCUT2D eigenvalue weighted by atomic mass is 10.1. The average Bonchev–Trinajstić information content (AvgIpc) is 2.88. The summed E-state index contributed by atoms with van der Waals surface area (Å²) < 4.78 is 12.9. The molecule has 5 heteroatoms. The molecule has 0 fully saturated rings. The molecule has 1 aromatic heterocycles. The summed E-state index contributed by atoms with van der Waals surface area (Å²) in [6, 6.07) is 6.24. The summed E-state index contributed by atoms with van der Waals surface area (Å²) in [6.07, 6.45) is 3.60. The molecule has 0 spiro atoms. The first kappa shape index (κ1) is 15.5. The van der Waals surface area contributed by atoms with Crippen LogP contribution in [0.3, 0.4) is 0 Å². The molecule has 0 saturated heterocycles. The zero-order valence-corrected chi connectivity index (χ0v) is 12.9. The molecule has 1 N–H and O–H groups in total. The molecule has 2 aromatic rings. The number of nitrogens with zero attached hydrogens (tertiary/aromatic N) is 2. The molecule has 0 radical (unpaired) electrons. The SMILES string of the molecule is COCCNCc1cc(C)ccc1OCc1cncn1C. The van der Waals surface area contributed by atoms with Crippen LogP contribution in [0.4, 0.5) is 0 Å². The predicted octanol–water partition coefficient (Wildman–Crippen LogP) is 2.04. The number of hydrogen-bond acceptors (Lipinski definition) is 4. The monoisotopic (exact) mass is 289 g/mol. The lowest BCUT2D eigenvalue weighted by Crippen LogP contribution is -2.19. The van der Waals surface area contributed by atoms with E-state index in [9.17, 15) is 0 Å². The van der Waals surface area contributed by atoms with Gasteiger partial charge >= 0.3 is 0 Å². The average molecular weight is 289 g/mol. The minimum Gasteiger partial charge on any atom is -0.487 e. The molecule has 0 unspecified atom stereocenters. The molecule has 0 bridgehead atoms. The second-order valence-corrected chi connectivity index (χ2v) is 5.07. The highest BCUT2D eigenvalue weighted by molar-refractivity contribution is 5.37. The largest absolute Gasteiger partial charge is 0.487 e. The molecule has 114 valence electrons. The van der Waals surface area contributed by atoms with E-state index in [4.69, 9.17) is 9.47 Å². The van der Waals surface area contributed by atoms with E-state index in [2.05, 4.69) is 29.4 Å². The van der Waals surface area contributed by atoms with E-state index in [0.717, 1.165) is 30.1 Å². The zero-order valence-electron chi connectivity index (χ0n) is 12.9. The highest BCUT2D eigenvalue weighted by atomic mass is 16.5. The van der Waals surface area contributed by atoms with Crippen LogP contribution in [-0.2, 0) is 24.9 Å². The fourth-order valence-corrected chi connectivity index (χ4v) is 2.06. The maximum Gasteiger partial charge on any atom is 0.130 e. The van der Waals surface area contributed by atoms with Gasteiger partial charge < -0.3 is 19.4 Å². The molecule has 1 heterocycles. The van der Waals surface area contributed by atoms with E-state index >= 15 is 0 Å². The third kappa shape index (κ3) is 4.58. The van der Waals surface area contributed by atoms with Crippen LogP contribution in [0.1, 0.15) is 16.8 Å². The van der Waals surface area contributed by atoms with Gasteiger partial charge in [0.2, 0.25) is 0 Å². The van der Waals surface area contributed by atoms with Crippen molar-refractivity contribution in [1.82, 2.24) is 14.9 Å². The summed E-state index contributed by atoms with van der Waals surface area (Å²) >= 11 is 0. The van der Waals surface area contributed by atoms with Gasteiger partial charge in [0.05, 0.1) is 24.8 Å². The summed E-state index contributed by atoms with van der Waals surface area (Å²) in [5.74, 6) is 0.909. The highest BCUT2D eigenvalue weighted by Crippen LogP contribution is 2.21. The number of hydrogen-bond donors (Lipinski definition) is 1. The van der Waals surface area contributed by atoms with Gasteiger partial charge in [-0.25, -0.2) is 4.98 Å². The van der Waals surface area contributed by atoms with Gasteiger partial charge in [-0.3, -0.25) is 0 Å². The molecule has 1 aromatic carbocycles. The fraction of sp³-hybridized carbons (Fsp3) is 0.438. The molecule has 0 aliphatic rings. The number of aryl methyl sites for hydroxylation is 2. The van der Waals surface area contributed by atoms with E-state index in [1.165, 1.54) is 5.56 Å². The Morgan fingerprint density at radius 3 is 2.90 bits per heavy atom. The molecule has 0 atom stereocenters. The van der Waals surface area contributed by atoms with Gasteiger partial charge in [-0.15, -0.1) is 0 Å². The second-order valence-electron chi connectivity index (χ2n) is 5.07. The minimum absolute atomic E-state index is 0.518. The number of aromatic nitrogens is 2. The summed E-state index contributed by atoms with van der Waals surface area (Å²) in [7, 11) is 3.67. The molecule has 0 saturated carbocycles. The van der Waals surface area contributed by atoms with Gasteiger partial charge in [0, 0.05) is 32.8 Å². The van der Waals surface area contributed by atoms with Crippen LogP contribution in [0.2, 0.25) is 0 Å². The Labute approximate surface area is 125 Å². The van der Waals surface area contributed by atoms with Crippen LogP contribution in [0.25, 0.3) is 0 Å². The number of methoxy groups -OCH3 is 1. The van der Waals surface area contributed by atoms with Gasteiger partial charge in [0.1, 0.15) is 12.4 Å². The predicted molar refractivity (Wildman–Crippen MR) is 82.3 cm³/mol. The lowest BCUT2D eigenvalue weighted by molar-refractivity contribution is 0.199. The zero-order chi connectivity index (χ0) is 15.1. The van der Waals surface area contributed by atoms with Crippen molar-refractivity contribution >= 4 is 0 Å². The number of benzene rings is 1. The molecule has 0 aliphatic heterocycles. The van der Waals surface area contributed by atoms with Crippen molar-refractivity contribution < 1.29 is 9.47 Å². The topological polar surface area (TPSA) is 48.3 Å². The smallest absolute Gasteiger partial charge is 0.130 e. The van der Waals surface area contributed by atoms with Crippen molar-refractivity contribution in [3.8, 4) is 5.75 Å². The third-order valence-electron chi connectivity index (χ3n) is 3.31. The molecule has 2 rings (SSSR count). The van der Waals surface area contributed by atoms with Crippen molar-refractivity contribution in [2.24, 2.45) is 7.05 Å². The highest BCUT2D eigenvalue weighted by Gasteiger charge is 2.06. The van der Waals surface area contributed by atoms with Gasteiger partial charge in [-0.05, 0) is 13.0 Å². The second kappa shape index (κ2) is 7.81. The van der Waals surface area contributed by atoms with Gasteiger partial charge in [0.15, 0.2) is 0 Å². The van der Waals surface area contributed by atoms with E-state index in [-0.39, 0.29) is 0 Å². The van der Waals surface area contributed by atoms with Gasteiger partial charge in [0.25, 0.3) is 0 Å². The molecular weight excluding hydrogens is 266 g/mol. The Hall–Kier alpha value is -1.85. The fourth-order valence-electron chi connectivity index (χ4n) is 2.06. The van der Waals surface area contributed by atoms with Crippen molar-refractivity contribution in [1.29, 1.82) is 0 Å². The van der Waals surface area contributed by atoms with Crippen LogP contribution in [0.15, 0.2) is 30.7 Å². The summed E-state index contributed by atoms with van der Waals surface area (Å²) in [4.78, 5) is 4.10. The van der Waals surface area contributed by atoms with Crippen molar-refractivity contribution in [3.05, 3.63) is 47.5 Å². The van der Waals surface area contributed by atoms with E-state index in [1.807, 2.05) is 23.9 Å². The number of imidazole rings is 1. The first-order valence-electron chi connectivity index (χ1n) is 7.08.